The van der Waals surface area contributed by atoms with Gasteiger partial charge in [0.15, 0.2) is 0 Å². The molecule has 0 unspecified atom stereocenters. The molecule has 18 heavy (non-hydrogen) atoms. The largest absolute Gasteiger partial charge is 0.298 e. The van der Waals surface area contributed by atoms with Gasteiger partial charge in [0.2, 0.25) is 0 Å². The van der Waals surface area contributed by atoms with Crippen LogP contribution in [0, 0.1) is 0 Å². The lowest BCUT2D eigenvalue weighted by Crippen LogP contribution is -2.23. The summed E-state index contributed by atoms with van der Waals surface area (Å²) in [5.41, 5.74) is 0. The van der Waals surface area contributed by atoms with Gasteiger partial charge in [-0.2, -0.15) is 0 Å². The third-order valence-electron chi connectivity index (χ3n) is 3.63. The standard InChI is InChI=1S/C15H18ClNS/c16-14-7-5-6-12-10-13(18-15(12)14)11-17-8-3-1-2-4-9-17/h5-7,10H,1-4,8-9,11H2. The minimum atomic E-state index is 0.889. The molecule has 0 amide bonds. The molecule has 2 aromatic rings. The van der Waals surface area contributed by atoms with Crippen molar-refractivity contribution in [3.63, 3.8) is 0 Å². The first kappa shape index (κ1) is 12.5. The molecule has 1 aliphatic rings. The van der Waals surface area contributed by atoms with Crippen LogP contribution in [0.25, 0.3) is 10.1 Å². The second-order valence-corrected chi connectivity index (χ2v) is 6.61. The Labute approximate surface area is 117 Å². The van der Waals surface area contributed by atoms with Crippen LogP contribution in [-0.4, -0.2) is 18.0 Å². The van der Waals surface area contributed by atoms with Crippen LogP contribution in [0.2, 0.25) is 5.02 Å². The van der Waals surface area contributed by atoms with Crippen molar-refractivity contribution in [3.05, 3.63) is 34.2 Å². The van der Waals surface area contributed by atoms with Gasteiger partial charge in [-0.05, 0) is 43.5 Å². The molecule has 2 heterocycles. The molecule has 1 aliphatic heterocycles. The van der Waals surface area contributed by atoms with E-state index < -0.39 is 0 Å². The van der Waals surface area contributed by atoms with Crippen LogP contribution in [-0.2, 0) is 6.54 Å². The minimum absolute atomic E-state index is 0.889. The van der Waals surface area contributed by atoms with Crippen LogP contribution in [0.3, 0.4) is 0 Å². The van der Waals surface area contributed by atoms with E-state index in [1.165, 1.54) is 53.7 Å². The second-order valence-electron chi connectivity index (χ2n) is 5.06. The van der Waals surface area contributed by atoms with E-state index in [1.807, 2.05) is 23.5 Å². The molecule has 0 N–H and O–H groups in total. The smallest absolute Gasteiger partial charge is 0.0584 e. The summed E-state index contributed by atoms with van der Waals surface area (Å²) in [5.74, 6) is 0. The highest BCUT2D eigenvalue weighted by atomic mass is 35.5. The number of rotatable bonds is 2. The molecule has 1 saturated heterocycles. The van der Waals surface area contributed by atoms with E-state index in [4.69, 9.17) is 11.6 Å². The molecule has 1 aromatic carbocycles. The molecule has 0 radical (unpaired) electrons. The Kier molecular flexibility index (Phi) is 3.88. The Hall–Kier alpha value is -0.570. The summed E-state index contributed by atoms with van der Waals surface area (Å²) in [6, 6.07) is 8.48. The number of likely N-dealkylation sites (tertiary alicyclic amines) is 1. The molecule has 96 valence electrons. The van der Waals surface area contributed by atoms with Gasteiger partial charge in [0.05, 0.1) is 9.72 Å². The van der Waals surface area contributed by atoms with Gasteiger partial charge in [-0.3, -0.25) is 4.90 Å². The number of benzene rings is 1. The van der Waals surface area contributed by atoms with Crippen molar-refractivity contribution in [2.75, 3.05) is 13.1 Å². The van der Waals surface area contributed by atoms with Crippen molar-refractivity contribution >= 4 is 33.0 Å². The summed E-state index contributed by atoms with van der Waals surface area (Å²) < 4.78 is 1.24. The molecule has 0 atom stereocenters. The minimum Gasteiger partial charge on any atom is -0.298 e. The van der Waals surface area contributed by atoms with Gasteiger partial charge in [0.1, 0.15) is 0 Å². The van der Waals surface area contributed by atoms with E-state index in [2.05, 4.69) is 17.0 Å². The normalized spacial score (nSPS) is 18.1. The van der Waals surface area contributed by atoms with Gasteiger partial charge < -0.3 is 0 Å². The Balaban J connectivity index is 1.79. The molecule has 3 rings (SSSR count). The maximum absolute atomic E-state index is 6.24. The number of hydrogen-bond acceptors (Lipinski definition) is 2. The van der Waals surface area contributed by atoms with Crippen LogP contribution >= 0.6 is 22.9 Å². The molecule has 0 bridgehead atoms. The van der Waals surface area contributed by atoms with Crippen molar-refractivity contribution in [1.29, 1.82) is 0 Å². The maximum Gasteiger partial charge on any atom is 0.0584 e. The number of nitrogens with zero attached hydrogens (tertiary/aromatic N) is 1. The van der Waals surface area contributed by atoms with Crippen molar-refractivity contribution in [3.8, 4) is 0 Å². The van der Waals surface area contributed by atoms with Crippen LogP contribution in [0.15, 0.2) is 24.3 Å². The van der Waals surface area contributed by atoms with Gasteiger partial charge in [-0.1, -0.05) is 36.6 Å². The van der Waals surface area contributed by atoms with E-state index in [0.29, 0.717) is 0 Å². The van der Waals surface area contributed by atoms with Crippen molar-refractivity contribution in [1.82, 2.24) is 4.90 Å². The zero-order chi connectivity index (χ0) is 12.4. The quantitative estimate of drug-likeness (QED) is 0.753. The predicted octanol–water partition coefficient (Wildman–Crippen LogP) is 4.93. The first-order chi connectivity index (χ1) is 8.83. The highest BCUT2D eigenvalue weighted by Gasteiger charge is 2.11. The highest BCUT2D eigenvalue weighted by Crippen LogP contribution is 2.32. The fourth-order valence-electron chi connectivity index (χ4n) is 2.67. The Morgan fingerprint density at radius 2 is 1.89 bits per heavy atom. The summed E-state index contributed by atoms with van der Waals surface area (Å²) in [5, 5.41) is 2.18. The van der Waals surface area contributed by atoms with E-state index in [9.17, 15) is 0 Å². The fraction of sp³-hybridized carbons (Fsp3) is 0.467. The first-order valence-corrected chi connectivity index (χ1v) is 7.92. The molecular formula is C15H18ClNS. The van der Waals surface area contributed by atoms with Gasteiger partial charge in [0.25, 0.3) is 0 Å². The SMILES string of the molecule is Clc1cccc2cc(CN3CCCCCC3)sc12. The second kappa shape index (κ2) is 5.60. The van der Waals surface area contributed by atoms with Crippen LogP contribution in [0.1, 0.15) is 30.6 Å². The van der Waals surface area contributed by atoms with Crippen molar-refractivity contribution in [2.24, 2.45) is 0 Å². The number of hydrogen-bond donors (Lipinski definition) is 0. The van der Waals surface area contributed by atoms with Crippen molar-refractivity contribution in [2.45, 2.75) is 32.2 Å². The third-order valence-corrected chi connectivity index (χ3v) is 5.22. The summed E-state index contributed by atoms with van der Waals surface area (Å²) in [4.78, 5) is 4.03. The zero-order valence-corrected chi connectivity index (χ0v) is 12.1. The molecular weight excluding hydrogens is 262 g/mol. The Morgan fingerprint density at radius 1 is 1.11 bits per heavy atom. The summed E-state index contributed by atoms with van der Waals surface area (Å²) in [6.45, 7) is 3.60. The molecule has 0 saturated carbocycles. The maximum atomic E-state index is 6.24. The lowest BCUT2D eigenvalue weighted by molar-refractivity contribution is 0.279. The number of halogens is 1. The molecule has 0 spiro atoms. The average molecular weight is 280 g/mol. The summed E-state index contributed by atoms with van der Waals surface area (Å²) in [6.07, 6.45) is 5.50. The summed E-state index contributed by atoms with van der Waals surface area (Å²) >= 11 is 8.09. The van der Waals surface area contributed by atoms with Crippen LogP contribution in [0.4, 0.5) is 0 Å². The molecule has 3 heteroatoms. The average Bonchev–Trinajstić information content (AvgIpc) is 2.60. The van der Waals surface area contributed by atoms with Crippen LogP contribution in [0.5, 0.6) is 0 Å². The van der Waals surface area contributed by atoms with E-state index in [-0.39, 0.29) is 0 Å². The van der Waals surface area contributed by atoms with E-state index in [0.717, 1.165) is 11.6 Å². The number of fused-ring (bicyclic) bond motifs is 1. The van der Waals surface area contributed by atoms with Crippen molar-refractivity contribution < 1.29 is 0 Å². The first-order valence-electron chi connectivity index (χ1n) is 6.72. The predicted molar refractivity (Wildman–Crippen MR) is 80.6 cm³/mol. The zero-order valence-electron chi connectivity index (χ0n) is 10.5. The fourth-order valence-corrected chi connectivity index (χ4v) is 4.08. The topological polar surface area (TPSA) is 3.24 Å². The monoisotopic (exact) mass is 279 g/mol. The Bertz CT molecular complexity index is 526. The highest BCUT2D eigenvalue weighted by molar-refractivity contribution is 7.19. The van der Waals surface area contributed by atoms with Gasteiger partial charge in [-0.15, -0.1) is 11.3 Å². The van der Waals surface area contributed by atoms with E-state index >= 15 is 0 Å². The lowest BCUT2D eigenvalue weighted by Gasteiger charge is -2.18. The van der Waals surface area contributed by atoms with Crippen LogP contribution < -0.4 is 0 Å². The molecule has 1 fully saturated rings. The molecule has 1 aromatic heterocycles. The van der Waals surface area contributed by atoms with E-state index in [1.54, 1.807) is 0 Å². The molecule has 1 nitrogen and oxygen atoms in total. The van der Waals surface area contributed by atoms with Gasteiger partial charge in [0, 0.05) is 11.4 Å². The number of thiophene rings is 1. The molecule has 0 aliphatic carbocycles. The Morgan fingerprint density at radius 3 is 2.61 bits per heavy atom. The third kappa shape index (κ3) is 2.71. The summed E-state index contributed by atoms with van der Waals surface area (Å²) in [7, 11) is 0. The lowest BCUT2D eigenvalue weighted by atomic mass is 10.2. The van der Waals surface area contributed by atoms with Gasteiger partial charge >= 0.3 is 0 Å². The van der Waals surface area contributed by atoms with Gasteiger partial charge in [-0.25, -0.2) is 0 Å².